The lowest BCUT2D eigenvalue weighted by molar-refractivity contribution is 0.405. The molecule has 1 aromatic carbocycles. The van der Waals surface area contributed by atoms with Crippen molar-refractivity contribution in [1.29, 1.82) is 0 Å². The van der Waals surface area contributed by atoms with Gasteiger partial charge in [-0.25, -0.2) is 0 Å². The molecule has 0 radical (unpaired) electrons. The molecule has 3 heteroatoms. The molecule has 2 rings (SSSR count). The fourth-order valence-corrected chi connectivity index (χ4v) is 1.70. The highest BCUT2D eigenvalue weighted by Gasteiger charge is 2.19. The molecular formula is C13H20N2O. The third-order valence-corrected chi connectivity index (χ3v) is 2.41. The number of rotatable bonds is 2. The minimum atomic E-state index is 0.270. The van der Waals surface area contributed by atoms with E-state index in [2.05, 4.69) is 16.4 Å². The van der Waals surface area contributed by atoms with Gasteiger partial charge >= 0.3 is 0 Å². The second-order valence-corrected chi connectivity index (χ2v) is 3.36. The minimum absolute atomic E-state index is 0.270. The number of nitrogens with zero attached hydrogens (tertiary/aromatic N) is 1. The fourth-order valence-electron chi connectivity index (χ4n) is 1.70. The Labute approximate surface area is 97.5 Å². The lowest BCUT2D eigenvalue weighted by Crippen LogP contribution is -2.21. The van der Waals surface area contributed by atoms with Crippen LogP contribution >= 0.6 is 0 Å². The first-order valence-electron chi connectivity index (χ1n) is 5.72. The van der Waals surface area contributed by atoms with Gasteiger partial charge in [0.15, 0.2) is 0 Å². The van der Waals surface area contributed by atoms with E-state index in [9.17, 15) is 0 Å². The van der Waals surface area contributed by atoms with Gasteiger partial charge in [0, 0.05) is 5.56 Å². The van der Waals surface area contributed by atoms with Crippen LogP contribution in [0.25, 0.3) is 0 Å². The van der Waals surface area contributed by atoms with Gasteiger partial charge in [0.05, 0.1) is 25.5 Å². The summed E-state index contributed by atoms with van der Waals surface area (Å²) >= 11 is 0. The van der Waals surface area contributed by atoms with Crippen LogP contribution in [0.2, 0.25) is 0 Å². The third-order valence-electron chi connectivity index (χ3n) is 2.41. The number of amidine groups is 1. The molecule has 0 spiro atoms. The van der Waals surface area contributed by atoms with Crippen LogP contribution in [-0.4, -0.2) is 19.5 Å². The molecule has 0 saturated heterocycles. The van der Waals surface area contributed by atoms with E-state index in [1.165, 1.54) is 5.56 Å². The molecule has 0 aromatic heterocycles. The van der Waals surface area contributed by atoms with Gasteiger partial charge in [-0.05, 0) is 13.0 Å². The molecule has 0 amide bonds. The van der Waals surface area contributed by atoms with Gasteiger partial charge in [0.25, 0.3) is 0 Å². The van der Waals surface area contributed by atoms with Crippen molar-refractivity contribution in [1.82, 2.24) is 5.32 Å². The van der Waals surface area contributed by atoms with Crippen LogP contribution in [0, 0.1) is 0 Å². The average molecular weight is 220 g/mol. The summed E-state index contributed by atoms with van der Waals surface area (Å²) in [5.74, 6) is 1.93. The summed E-state index contributed by atoms with van der Waals surface area (Å²) in [6.07, 6.45) is 0. The Kier molecular flexibility index (Phi) is 4.83. The van der Waals surface area contributed by atoms with E-state index < -0.39 is 0 Å². The van der Waals surface area contributed by atoms with Gasteiger partial charge < -0.3 is 10.1 Å². The van der Waals surface area contributed by atoms with E-state index in [-0.39, 0.29) is 6.04 Å². The van der Waals surface area contributed by atoms with Crippen LogP contribution in [0.1, 0.15) is 32.4 Å². The van der Waals surface area contributed by atoms with Gasteiger partial charge in [-0.3, -0.25) is 4.99 Å². The number of aliphatic imine (C=N–C) groups is 1. The molecule has 16 heavy (non-hydrogen) atoms. The van der Waals surface area contributed by atoms with Crippen molar-refractivity contribution in [2.75, 3.05) is 13.7 Å². The first kappa shape index (κ1) is 12.6. The molecule has 1 N–H and O–H groups in total. The van der Waals surface area contributed by atoms with Crippen LogP contribution < -0.4 is 10.1 Å². The van der Waals surface area contributed by atoms with Crippen molar-refractivity contribution in [3.05, 3.63) is 29.8 Å². The first-order valence-corrected chi connectivity index (χ1v) is 5.72. The van der Waals surface area contributed by atoms with E-state index in [0.29, 0.717) is 0 Å². The molecule has 0 bridgehead atoms. The summed E-state index contributed by atoms with van der Waals surface area (Å²) in [7, 11) is 1.70. The minimum Gasteiger partial charge on any atom is -0.496 e. The molecule has 1 heterocycles. The fraction of sp³-hybridized carbons (Fsp3) is 0.462. The second kappa shape index (κ2) is 6.16. The van der Waals surface area contributed by atoms with Gasteiger partial charge in [0.1, 0.15) is 5.75 Å². The summed E-state index contributed by atoms with van der Waals surface area (Å²) in [6, 6.07) is 8.32. The smallest absolute Gasteiger partial charge is 0.124 e. The lowest BCUT2D eigenvalue weighted by atomic mass is 10.1. The zero-order chi connectivity index (χ0) is 12.0. The number of hydrogen-bond acceptors (Lipinski definition) is 3. The first-order chi connectivity index (χ1) is 7.81. The quantitative estimate of drug-likeness (QED) is 0.831. The number of hydrogen-bond donors (Lipinski definition) is 1. The number of benzene rings is 1. The van der Waals surface area contributed by atoms with E-state index in [4.69, 9.17) is 4.74 Å². The lowest BCUT2D eigenvalue weighted by Gasteiger charge is -2.14. The van der Waals surface area contributed by atoms with Gasteiger partial charge in [-0.1, -0.05) is 32.0 Å². The summed E-state index contributed by atoms with van der Waals surface area (Å²) < 4.78 is 5.30. The molecule has 3 nitrogen and oxygen atoms in total. The highest BCUT2D eigenvalue weighted by molar-refractivity contribution is 5.81. The van der Waals surface area contributed by atoms with Crippen LogP contribution in [0.15, 0.2) is 29.3 Å². The van der Waals surface area contributed by atoms with Crippen LogP contribution in [0.3, 0.4) is 0 Å². The topological polar surface area (TPSA) is 33.6 Å². The zero-order valence-electron chi connectivity index (χ0n) is 10.4. The number of para-hydroxylation sites is 1. The zero-order valence-corrected chi connectivity index (χ0v) is 10.4. The number of methoxy groups -OCH3 is 1. The van der Waals surface area contributed by atoms with Crippen molar-refractivity contribution in [2.24, 2.45) is 4.99 Å². The van der Waals surface area contributed by atoms with Gasteiger partial charge in [0.2, 0.25) is 0 Å². The molecule has 1 atom stereocenters. The van der Waals surface area contributed by atoms with E-state index in [0.717, 1.165) is 18.1 Å². The maximum absolute atomic E-state index is 5.30. The Balaban J connectivity index is 0.000000606. The molecule has 1 aromatic rings. The molecule has 0 fully saturated rings. The molecule has 0 saturated carbocycles. The van der Waals surface area contributed by atoms with Crippen LogP contribution in [-0.2, 0) is 0 Å². The van der Waals surface area contributed by atoms with Crippen molar-refractivity contribution in [2.45, 2.75) is 26.8 Å². The monoisotopic (exact) mass is 220 g/mol. The summed E-state index contributed by atoms with van der Waals surface area (Å²) in [5, 5.41) is 3.31. The molecule has 1 unspecified atom stereocenters. The average Bonchev–Trinajstić information content (AvgIpc) is 2.78. The predicted octanol–water partition coefficient (Wildman–Crippen LogP) is 2.78. The maximum Gasteiger partial charge on any atom is 0.124 e. The standard InChI is InChI=1S/C11H14N2O.C2H6/c1-8-12-7-10(13-8)9-5-3-4-6-11(9)14-2;1-2/h3-6,10H,7H2,1-2H3,(H,12,13);1-2H3. The molecule has 0 aliphatic carbocycles. The Morgan fingerprint density at radius 3 is 2.56 bits per heavy atom. The Bertz CT molecular complexity index is 361. The third kappa shape index (κ3) is 2.75. The van der Waals surface area contributed by atoms with Crippen LogP contribution in [0.5, 0.6) is 5.75 Å². The number of nitrogens with one attached hydrogen (secondary N) is 1. The summed E-state index contributed by atoms with van der Waals surface area (Å²) in [4.78, 5) is 4.32. The second-order valence-electron chi connectivity index (χ2n) is 3.36. The van der Waals surface area contributed by atoms with Crippen LogP contribution in [0.4, 0.5) is 0 Å². The maximum atomic E-state index is 5.30. The molecular weight excluding hydrogens is 200 g/mol. The van der Waals surface area contributed by atoms with E-state index in [1.807, 2.05) is 39.0 Å². The van der Waals surface area contributed by atoms with Gasteiger partial charge in [-0.15, -0.1) is 0 Å². The Hall–Kier alpha value is -1.51. The van der Waals surface area contributed by atoms with Crippen molar-refractivity contribution in [3.63, 3.8) is 0 Å². The summed E-state index contributed by atoms with van der Waals surface area (Å²) in [5.41, 5.74) is 1.18. The highest BCUT2D eigenvalue weighted by Crippen LogP contribution is 2.26. The largest absolute Gasteiger partial charge is 0.496 e. The predicted molar refractivity (Wildman–Crippen MR) is 68.2 cm³/mol. The Morgan fingerprint density at radius 2 is 2.00 bits per heavy atom. The SMILES string of the molecule is CC.COc1ccccc1C1CN=C(C)N1. The molecule has 1 aliphatic rings. The highest BCUT2D eigenvalue weighted by atomic mass is 16.5. The van der Waals surface area contributed by atoms with Gasteiger partial charge in [-0.2, -0.15) is 0 Å². The molecule has 1 aliphatic heterocycles. The molecule has 88 valence electrons. The number of ether oxygens (including phenoxy) is 1. The Morgan fingerprint density at radius 1 is 1.31 bits per heavy atom. The van der Waals surface area contributed by atoms with E-state index in [1.54, 1.807) is 7.11 Å². The van der Waals surface area contributed by atoms with E-state index >= 15 is 0 Å². The van der Waals surface area contributed by atoms with Crippen molar-refractivity contribution >= 4 is 5.84 Å². The van der Waals surface area contributed by atoms with Crippen molar-refractivity contribution in [3.8, 4) is 5.75 Å². The normalized spacial score (nSPS) is 18.0. The van der Waals surface area contributed by atoms with Crippen molar-refractivity contribution < 1.29 is 4.74 Å². The summed E-state index contributed by atoms with van der Waals surface area (Å²) in [6.45, 7) is 6.78.